The lowest BCUT2D eigenvalue weighted by molar-refractivity contribution is -0.132. The topological polar surface area (TPSA) is 70.5 Å². The molecule has 2 aromatic carbocycles. The Morgan fingerprint density at radius 1 is 0.929 bits per heavy atom. The van der Waals surface area contributed by atoms with Gasteiger partial charge < -0.3 is 5.11 Å². The minimum absolute atomic E-state index is 0.0270. The standard InChI is InChI=1S/C22H15ClN2O3/c23-16-11-12-17(24-13-16)25-19(14-7-3-1-4-8-14)18(21(27)22(25)28)20(26)15-9-5-2-6-10-15/h1-13,19,26H/t19-/m0/s1. The molecule has 1 aliphatic heterocycles. The van der Waals surface area contributed by atoms with Crippen LogP contribution < -0.4 is 4.90 Å². The summed E-state index contributed by atoms with van der Waals surface area (Å²) in [6.45, 7) is 0. The maximum absolute atomic E-state index is 12.9. The van der Waals surface area contributed by atoms with Crippen molar-refractivity contribution in [3.05, 3.63) is 101 Å². The Hall–Kier alpha value is -3.44. The van der Waals surface area contributed by atoms with E-state index < -0.39 is 17.7 Å². The van der Waals surface area contributed by atoms with E-state index >= 15 is 0 Å². The van der Waals surface area contributed by atoms with Crippen LogP contribution in [0.4, 0.5) is 5.82 Å². The van der Waals surface area contributed by atoms with Crippen molar-refractivity contribution >= 4 is 34.9 Å². The molecule has 0 saturated carbocycles. The molecule has 1 atom stereocenters. The Morgan fingerprint density at radius 2 is 1.57 bits per heavy atom. The van der Waals surface area contributed by atoms with Gasteiger partial charge in [0.05, 0.1) is 16.6 Å². The maximum atomic E-state index is 12.9. The second-order valence-electron chi connectivity index (χ2n) is 6.28. The third-order valence-electron chi connectivity index (χ3n) is 4.57. The number of aliphatic hydroxyl groups excluding tert-OH is 1. The Bertz CT molecular complexity index is 1060. The lowest BCUT2D eigenvalue weighted by Gasteiger charge is -2.24. The van der Waals surface area contributed by atoms with Gasteiger partial charge in [0, 0.05) is 11.8 Å². The van der Waals surface area contributed by atoms with Crippen molar-refractivity contribution in [2.75, 3.05) is 4.90 Å². The third-order valence-corrected chi connectivity index (χ3v) is 4.79. The molecule has 6 heteroatoms. The number of nitrogens with zero attached hydrogens (tertiary/aromatic N) is 2. The molecule has 1 aliphatic rings. The highest BCUT2D eigenvalue weighted by molar-refractivity contribution is 6.51. The van der Waals surface area contributed by atoms with E-state index in [0.29, 0.717) is 16.1 Å². The molecule has 5 nitrogen and oxygen atoms in total. The molecule has 2 heterocycles. The minimum atomic E-state index is -0.796. The molecule has 1 aromatic heterocycles. The van der Waals surface area contributed by atoms with Crippen molar-refractivity contribution in [3.63, 3.8) is 0 Å². The Morgan fingerprint density at radius 3 is 2.18 bits per heavy atom. The van der Waals surface area contributed by atoms with E-state index in [1.54, 1.807) is 48.5 Å². The summed E-state index contributed by atoms with van der Waals surface area (Å²) in [7, 11) is 0. The van der Waals surface area contributed by atoms with Crippen LogP contribution in [0.3, 0.4) is 0 Å². The molecule has 0 bridgehead atoms. The SMILES string of the molecule is O=C1C(=O)N(c2ccc(Cl)cn2)[C@@H](c2ccccc2)C1=C(O)c1ccccc1. The number of hydrogen-bond donors (Lipinski definition) is 1. The molecule has 0 radical (unpaired) electrons. The lowest BCUT2D eigenvalue weighted by atomic mass is 9.95. The largest absolute Gasteiger partial charge is 0.507 e. The van der Waals surface area contributed by atoms with Gasteiger partial charge in [-0.05, 0) is 17.7 Å². The Labute approximate surface area is 166 Å². The summed E-state index contributed by atoms with van der Waals surface area (Å²) < 4.78 is 0. The first-order valence-electron chi connectivity index (χ1n) is 8.61. The first-order chi connectivity index (χ1) is 13.6. The van der Waals surface area contributed by atoms with Crippen LogP contribution >= 0.6 is 11.6 Å². The second-order valence-corrected chi connectivity index (χ2v) is 6.72. The number of benzene rings is 2. The maximum Gasteiger partial charge on any atom is 0.301 e. The number of halogens is 1. The van der Waals surface area contributed by atoms with Crippen LogP contribution in [-0.4, -0.2) is 21.8 Å². The predicted octanol–water partition coefficient (Wildman–Crippen LogP) is 4.36. The van der Waals surface area contributed by atoms with Crippen LogP contribution in [0, 0.1) is 0 Å². The van der Waals surface area contributed by atoms with Gasteiger partial charge in [-0.2, -0.15) is 0 Å². The minimum Gasteiger partial charge on any atom is -0.507 e. The van der Waals surface area contributed by atoms with Crippen molar-refractivity contribution in [3.8, 4) is 0 Å². The zero-order valence-corrected chi connectivity index (χ0v) is 15.4. The van der Waals surface area contributed by atoms with Crippen LogP contribution in [0.25, 0.3) is 5.76 Å². The van der Waals surface area contributed by atoms with E-state index in [1.807, 2.05) is 24.3 Å². The average Bonchev–Trinajstić information content (AvgIpc) is 3.00. The fourth-order valence-electron chi connectivity index (χ4n) is 3.28. The van der Waals surface area contributed by atoms with Gasteiger partial charge in [0.2, 0.25) is 0 Å². The number of aliphatic hydroxyl groups is 1. The van der Waals surface area contributed by atoms with Crippen molar-refractivity contribution in [2.24, 2.45) is 0 Å². The normalized spacial score (nSPS) is 18.5. The number of carbonyl (C=O) groups is 2. The van der Waals surface area contributed by atoms with Crippen LogP contribution in [0.5, 0.6) is 0 Å². The number of hydrogen-bond acceptors (Lipinski definition) is 4. The summed E-state index contributed by atoms with van der Waals surface area (Å²) >= 11 is 5.91. The van der Waals surface area contributed by atoms with E-state index in [4.69, 9.17) is 11.6 Å². The molecule has 0 unspecified atom stereocenters. The number of pyridine rings is 1. The van der Waals surface area contributed by atoms with E-state index in [2.05, 4.69) is 4.98 Å². The molecule has 138 valence electrons. The number of anilines is 1. The molecule has 1 fully saturated rings. The van der Waals surface area contributed by atoms with Gasteiger partial charge in [-0.15, -0.1) is 0 Å². The molecule has 28 heavy (non-hydrogen) atoms. The quantitative estimate of drug-likeness (QED) is 0.410. The molecule has 1 N–H and O–H groups in total. The number of amides is 1. The number of carbonyl (C=O) groups excluding carboxylic acids is 2. The highest BCUT2D eigenvalue weighted by Crippen LogP contribution is 2.41. The second kappa shape index (κ2) is 7.29. The predicted molar refractivity (Wildman–Crippen MR) is 107 cm³/mol. The van der Waals surface area contributed by atoms with Gasteiger partial charge in [0.25, 0.3) is 5.78 Å². The van der Waals surface area contributed by atoms with Gasteiger partial charge in [-0.3, -0.25) is 14.5 Å². The molecule has 3 aromatic rings. The van der Waals surface area contributed by atoms with Crippen molar-refractivity contribution < 1.29 is 14.7 Å². The van der Waals surface area contributed by atoms with Crippen molar-refractivity contribution in [2.45, 2.75) is 6.04 Å². The molecule has 0 aliphatic carbocycles. The lowest BCUT2D eigenvalue weighted by Crippen LogP contribution is -2.30. The number of rotatable bonds is 3. The summed E-state index contributed by atoms with van der Waals surface area (Å²) in [6.07, 6.45) is 1.41. The zero-order valence-electron chi connectivity index (χ0n) is 14.6. The summed E-state index contributed by atoms with van der Waals surface area (Å²) in [5.41, 5.74) is 1.18. The molecular weight excluding hydrogens is 376 g/mol. The molecule has 1 saturated heterocycles. The Kier molecular flexibility index (Phi) is 4.67. The van der Waals surface area contributed by atoms with Gasteiger partial charge in [-0.1, -0.05) is 72.3 Å². The fraction of sp³-hybridized carbons (Fsp3) is 0.0455. The number of Topliss-reactive ketones (excluding diaryl/α,β-unsaturated/α-hetero) is 1. The number of aromatic nitrogens is 1. The van der Waals surface area contributed by atoms with E-state index in [0.717, 1.165) is 0 Å². The average molecular weight is 391 g/mol. The molecular formula is C22H15ClN2O3. The molecule has 1 amide bonds. The van der Waals surface area contributed by atoms with Crippen LogP contribution in [-0.2, 0) is 9.59 Å². The van der Waals surface area contributed by atoms with Gasteiger partial charge in [0.1, 0.15) is 11.6 Å². The smallest absolute Gasteiger partial charge is 0.301 e. The molecule has 0 spiro atoms. The fourth-order valence-corrected chi connectivity index (χ4v) is 3.39. The highest BCUT2D eigenvalue weighted by Gasteiger charge is 2.47. The van der Waals surface area contributed by atoms with Crippen molar-refractivity contribution in [1.29, 1.82) is 0 Å². The zero-order chi connectivity index (χ0) is 19.7. The summed E-state index contributed by atoms with van der Waals surface area (Å²) in [6, 6.07) is 20.1. The van der Waals surface area contributed by atoms with E-state index in [-0.39, 0.29) is 17.2 Å². The summed E-state index contributed by atoms with van der Waals surface area (Å²) in [5.74, 6) is -1.44. The first kappa shape index (κ1) is 17.9. The van der Waals surface area contributed by atoms with Gasteiger partial charge >= 0.3 is 5.91 Å². The number of ketones is 1. The molecule has 4 rings (SSSR count). The third kappa shape index (κ3) is 3.06. The highest BCUT2D eigenvalue weighted by atomic mass is 35.5. The monoisotopic (exact) mass is 390 g/mol. The van der Waals surface area contributed by atoms with Crippen LogP contribution in [0.1, 0.15) is 17.2 Å². The van der Waals surface area contributed by atoms with E-state index in [1.165, 1.54) is 11.1 Å². The van der Waals surface area contributed by atoms with Crippen LogP contribution in [0.15, 0.2) is 84.6 Å². The summed E-state index contributed by atoms with van der Waals surface area (Å²) in [4.78, 5) is 31.3. The van der Waals surface area contributed by atoms with E-state index in [9.17, 15) is 14.7 Å². The van der Waals surface area contributed by atoms with Crippen molar-refractivity contribution in [1.82, 2.24) is 4.98 Å². The van der Waals surface area contributed by atoms with Gasteiger partial charge in [0.15, 0.2) is 0 Å². The first-order valence-corrected chi connectivity index (χ1v) is 8.98. The van der Waals surface area contributed by atoms with Gasteiger partial charge in [-0.25, -0.2) is 4.98 Å². The summed E-state index contributed by atoms with van der Waals surface area (Å²) in [5, 5.41) is 11.3. The van der Waals surface area contributed by atoms with Crippen LogP contribution in [0.2, 0.25) is 5.02 Å². The Balaban J connectivity index is 1.94.